The highest BCUT2D eigenvalue weighted by Crippen LogP contribution is 2.46. The Hall–Kier alpha value is -1.35. The smallest absolute Gasteiger partial charge is 0.333 e. The molecule has 2 heterocycles. The van der Waals surface area contributed by atoms with E-state index in [1.165, 1.54) is 21.6 Å². The van der Waals surface area contributed by atoms with E-state index in [2.05, 4.69) is 4.98 Å². The number of unbranched alkanes of at least 4 members (excludes halogenated alkanes) is 1. The third-order valence-electron chi connectivity index (χ3n) is 3.82. The second-order valence-corrected chi connectivity index (χ2v) is 11.6. The first-order chi connectivity index (χ1) is 13.3. The molecule has 154 valence electrons. The van der Waals surface area contributed by atoms with Gasteiger partial charge in [0, 0.05) is 43.0 Å². The average molecular weight is 446 g/mol. The molecule has 0 aliphatic carbocycles. The largest absolute Gasteiger partial charge is 0.344 e. The number of hydrogen-bond donors (Lipinski definition) is 1. The predicted octanol–water partition coefficient (Wildman–Crippen LogP) is 3.26. The summed E-state index contributed by atoms with van der Waals surface area (Å²) in [6.07, 6.45) is 2.81. The summed E-state index contributed by atoms with van der Waals surface area (Å²) in [5.41, 5.74) is 0. The van der Waals surface area contributed by atoms with Crippen molar-refractivity contribution in [3.63, 3.8) is 0 Å². The number of aromatic nitrogens is 1. The zero-order valence-corrected chi connectivity index (χ0v) is 18.0. The second kappa shape index (κ2) is 11.0. The molecule has 2 amide bonds. The Morgan fingerprint density at radius 1 is 1.32 bits per heavy atom. The minimum atomic E-state index is -3.30. The molecule has 1 aromatic rings. The number of pyridine rings is 1. The molecule has 1 aliphatic heterocycles. The standard InChI is InChI=1S/C17H23N2O6PS2/c1-13(27-28-14-6-2-4-10-18-14)12-26(23,24)11-5-3-7-17(22)25-19-15(20)8-9-16(19)21/h2,4,6,10,13H,3,5,7-9,11-12H2,1H3,(H,23,24). The third kappa shape index (κ3) is 7.95. The number of amides is 2. The Morgan fingerprint density at radius 2 is 2.04 bits per heavy atom. The van der Waals surface area contributed by atoms with Crippen molar-refractivity contribution in [1.29, 1.82) is 0 Å². The lowest BCUT2D eigenvalue weighted by atomic mass is 10.2. The molecule has 0 saturated carbocycles. The summed E-state index contributed by atoms with van der Waals surface area (Å²) in [6.45, 7) is 1.89. The number of carbonyl (C=O) groups excluding carboxylic acids is 3. The third-order valence-corrected chi connectivity index (χ3v) is 8.99. The Kier molecular flexibility index (Phi) is 9.01. The molecule has 1 aliphatic rings. The fourth-order valence-corrected chi connectivity index (χ4v) is 7.26. The van der Waals surface area contributed by atoms with Crippen LogP contribution in [0.25, 0.3) is 0 Å². The number of nitrogens with zero attached hydrogens (tertiary/aromatic N) is 2. The lowest BCUT2D eigenvalue weighted by Gasteiger charge is -2.16. The Bertz CT molecular complexity index is 732. The Balaban J connectivity index is 1.62. The van der Waals surface area contributed by atoms with Gasteiger partial charge in [-0.2, -0.15) is 0 Å². The van der Waals surface area contributed by atoms with E-state index < -0.39 is 25.2 Å². The van der Waals surface area contributed by atoms with Crippen LogP contribution in [0.2, 0.25) is 0 Å². The van der Waals surface area contributed by atoms with E-state index in [-0.39, 0.29) is 36.8 Å². The lowest BCUT2D eigenvalue weighted by molar-refractivity contribution is -0.197. The molecule has 11 heteroatoms. The van der Waals surface area contributed by atoms with Crippen molar-refractivity contribution in [2.45, 2.75) is 49.3 Å². The van der Waals surface area contributed by atoms with Crippen LogP contribution in [-0.2, 0) is 23.8 Å². The van der Waals surface area contributed by atoms with E-state index in [0.717, 1.165) is 5.03 Å². The highest BCUT2D eigenvalue weighted by Gasteiger charge is 2.32. The van der Waals surface area contributed by atoms with E-state index in [1.807, 2.05) is 25.1 Å². The normalized spacial score (nSPS) is 17.4. The van der Waals surface area contributed by atoms with Gasteiger partial charge < -0.3 is 9.73 Å². The number of hydrogen-bond acceptors (Lipinski definition) is 8. The minimum Gasteiger partial charge on any atom is -0.344 e. The van der Waals surface area contributed by atoms with Crippen molar-refractivity contribution < 1.29 is 28.7 Å². The van der Waals surface area contributed by atoms with Gasteiger partial charge in [-0.05, 0) is 35.8 Å². The molecular weight excluding hydrogens is 423 g/mol. The predicted molar refractivity (Wildman–Crippen MR) is 108 cm³/mol. The van der Waals surface area contributed by atoms with E-state index >= 15 is 0 Å². The fourth-order valence-electron chi connectivity index (χ4n) is 2.48. The van der Waals surface area contributed by atoms with Gasteiger partial charge in [0.05, 0.1) is 0 Å². The molecule has 0 radical (unpaired) electrons. The summed E-state index contributed by atoms with van der Waals surface area (Å²) in [5.74, 6) is -1.73. The molecule has 1 fully saturated rings. The first-order valence-electron chi connectivity index (χ1n) is 8.88. The van der Waals surface area contributed by atoms with E-state index in [4.69, 9.17) is 4.84 Å². The van der Waals surface area contributed by atoms with Gasteiger partial charge in [-0.15, -0.1) is 5.06 Å². The average Bonchev–Trinajstić information content (AvgIpc) is 2.96. The van der Waals surface area contributed by atoms with Crippen molar-refractivity contribution >= 4 is 46.7 Å². The van der Waals surface area contributed by atoms with Gasteiger partial charge in [-0.3, -0.25) is 14.2 Å². The molecule has 0 aromatic carbocycles. The number of carbonyl (C=O) groups is 3. The maximum Gasteiger partial charge on any atom is 0.333 e. The van der Waals surface area contributed by atoms with E-state index in [1.54, 1.807) is 6.20 Å². The zero-order valence-electron chi connectivity index (χ0n) is 15.5. The maximum absolute atomic E-state index is 12.3. The quantitative estimate of drug-likeness (QED) is 0.237. The summed E-state index contributed by atoms with van der Waals surface area (Å²) in [5, 5.41) is 1.33. The first kappa shape index (κ1) is 22.9. The second-order valence-electron chi connectivity index (χ2n) is 6.41. The fraction of sp³-hybridized carbons (Fsp3) is 0.529. The SMILES string of the molecule is CC(CP(=O)(O)CCCCC(=O)ON1C(=O)CCC1=O)SSc1ccccn1. The Labute approximate surface area is 171 Å². The molecular formula is C17H23N2O6PS2. The molecule has 1 N–H and O–H groups in total. The van der Waals surface area contributed by atoms with Crippen LogP contribution in [0.4, 0.5) is 0 Å². The molecule has 0 bridgehead atoms. The molecule has 0 spiro atoms. The molecule has 1 aromatic heterocycles. The van der Waals surface area contributed by atoms with E-state index in [9.17, 15) is 23.8 Å². The van der Waals surface area contributed by atoms with Crippen LogP contribution < -0.4 is 0 Å². The van der Waals surface area contributed by atoms with Crippen molar-refractivity contribution in [3.8, 4) is 0 Å². The van der Waals surface area contributed by atoms with Crippen LogP contribution in [0.5, 0.6) is 0 Å². The monoisotopic (exact) mass is 446 g/mol. The van der Waals surface area contributed by atoms with Crippen molar-refractivity contribution in [2.24, 2.45) is 0 Å². The molecule has 2 atom stereocenters. The van der Waals surface area contributed by atoms with E-state index in [0.29, 0.717) is 17.9 Å². The first-order valence-corrected chi connectivity index (χ1v) is 13.1. The highest BCUT2D eigenvalue weighted by atomic mass is 33.1. The van der Waals surface area contributed by atoms with Crippen molar-refractivity contribution in [1.82, 2.24) is 10.0 Å². The van der Waals surface area contributed by atoms with Gasteiger partial charge in [-0.1, -0.05) is 23.8 Å². The molecule has 28 heavy (non-hydrogen) atoms. The van der Waals surface area contributed by atoms with Gasteiger partial charge in [-0.25, -0.2) is 9.78 Å². The maximum atomic E-state index is 12.3. The topological polar surface area (TPSA) is 114 Å². The van der Waals surface area contributed by atoms with Crippen LogP contribution >= 0.6 is 29.0 Å². The van der Waals surface area contributed by atoms with Gasteiger partial charge in [0.2, 0.25) is 7.37 Å². The Morgan fingerprint density at radius 3 is 2.68 bits per heavy atom. The summed E-state index contributed by atoms with van der Waals surface area (Å²) < 4.78 is 12.3. The van der Waals surface area contributed by atoms with Crippen LogP contribution in [0.15, 0.2) is 29.4 Å². The summed E-state index contributed by atoms with van der Waals surface area (Å²) in [7, 11) is -0.338. The number of rotatable bonds is 11. The minimum absolute atomic E-state index is 0.0170. The number of imide groups is 1. The lowest BCUT2D eigenvalue weighted by Crippen LogP contribution is -2.31. The van der Waals surface area contributed by atoms with Crippen molar-refractivity contribution in [2.75, 3.05) is 12.3 Å². The van der Waals surface area contributed by atoms with Crippen LogP contribution in [0.3, 0.4) is 0 Å². The van der Waals surface area contributed by atoms with Crippen molar-refractivity contribution in [3.05, 3.63) is 24.4 Å². The number of hydroxylamine groups is 2. The van der Waals surface area contributed by atoms with Crippen LogP contribution in [0.1, 0.15) is 39.0 Å². The summed E-state index contributed by atoms with van der Waals surface area (Å²) in [6, 6.07) is 5.60. The van der Waals surface area contributed by atoms with Gasteiger partial charge in [0.1, 0.15) is 5.03 Å². The van der Waals surface area contributed by atoms with Gasteiger partial charge in [0.15, 0.2) is 0 Å². The zero-order chi connectivity index (χ0) is 20.6. The highest BCUT2D eigenvalue weighted by molar-refractivity contribution is 8.76. The summed E-state index contributed by atoms with van der Waals surface area (Å²) >= 11 is 0. The molecule has 1 saturated heterocycles. The molecule has 8 nitrogen and oxygen atoms in total. The molecule has 2 rings (SSSR count). The van der Waals surface area contributed by atoms with Crippen LogP contribution in [-0.4, -0.2) is 50.3 Å². The summed E-state index contributed by atoms with van der Waals surface area (Å²) in [4.78, 5) is 53.6. The van der Waals surface area contributed by atoms with Crippen LogP contribution in [0, 0.1) is 0 Å². The van der Waals surface area contributed by atoms with Gasteiger partial charge >= 0.3 is 5.97 Å². The molecule has 2 unspecified atom stereocenters. The van der Waals surface area contributed by atoms with Gasteiger partial charge in [0.25, 0.3) is 11.8 Å².